The summed E-state index contributed by atoms with van der Waals surface area (Å²) < 4.78 is 0. The van der Waals surface area contributed by atoms with Gasteiger partial charge in [-0.05, 0) is 37.0 Å². The van der Waals surface area contributed by atoms with E-state index in [4.69, 9.17) is 0 Å². The van der Waals surface area contributed by atoms with Crippen molar-refractivity contribution in [3.8, 4) is 0 Å². The third-order valence-corrected chi connectivity index (χ3v) is 4.71. The standard InChI is InChI=1S/C17H20N4OS/c1-13-6-2-3-7-14(13)8-9-15-18-17(20-19-15)23-12-16(22)21-10-4-5-11-21/h2-3,6-9H,4-5,10-12H2,1H3,(H,18,19,20)/b9-8+. The molecule has 1 fully saturated rings. The molecule has 0 bridgehead atoms. The predicted molar refractivity (Wildman–Crippen MR) is 93.0 cm³/mol. The average molecular weight is 328 g/mol. The summed E-state index contributed by atoms with van der Waals surface area (Å²) in [7, 11) is 0. The second kappa shape index (κ2) is 7.46. The molecule has 1 aromatic carbocycles. The Morgan fingerprint density at radius 2 is 2.09 bits per heavy atom. The number of likely N-dealkylation sites (tertiary alicyclic amines) is 1. The third-order valence-electron chi connectivity index (χ3n) is 3.87. The van der Waals surface area contributed by atoms with Gasteiger partial charge >= 0.3 is 0 Å². The van der Waals surface area contributed by atoms with Gasteiger partial charge in [-0.2, -0.15) is 0 Å². The Morgan fingerprint density at radius 3 is 2.87 bits per heavy atom. The molecule has 3 rings (SSSR count). The normalized spacial score (nSPS) is 14.7. The molecule has 1 aliphatic heterocycles. The Bertz CT molecular complexity index is 704. The molecule has 1 aromatic heterocycles. The summed E-state index contributed by atoms with van der Waals surface area (Å²) in [5.41, 5.74) is 2.37. The molecule has 1 N–H and O–H groups in total. The first kappa shape index (κ1) is 15.8. The van der Waals surface area contributed by atoms with Crippen LogP contribution >= 0.6 is 11.8 Å². The molecule has 6 heteroatoms. The number of carbonyl (C=O) groups excluding carboxylic acids is 1. The van der Waals surface area contributed by atoms with Gasteiger partial charge in [-0.15, -0.1) is 5.10 Å². The molecule has 0 atom stereocenters. The highest BCUT2D eigenvalue weighted by atomic mass is 32.2. The number of aromatic amines is 1. The minimum atomic E-state index is 0.175. The highest BCUT2D eigenvalue weighted by molar-refractivity contribution is 7.99. The number of benzene rings is 1. The number of rotatable bonds is 5. The van der Waals surface area contributed by atoms with Crippen LogP contribution in [0.2, 0.25) is 0 Å². The van der Waals surface area contributed by atoms with Crippen LogP contribution in [0.3, 0.4) is 0 Å². The van der Waals surface area contributed by atoms with Gasteiger partial charge in [0.1, 0.15) is 5.82 Å². The van der Waals surface area contributed by atoms with Crippen LogP contribution in [0.1, 0.15) is 29.8 Å². The van der Waals surface area contributed by atoms with Crippen molar-refractivity contribution in [1.82, 2.24) is 20.1 Å². The molecule has 2 heterocycles. The number of aryl methyl sites for hydroxylation is 1. The van der Waals surface area contributed by atoms with Crippen LogP contribution in [0.25, 0.3) is 12.2 Å². The summed E-state index contributed by atoms with van der Waals surface area (Å²) in [4.78, 5) is 18.3. The molecule has 2 aromatic rings. The Morgan fingerprint density at radius 1 is 1.30 bits per heavy atom. The molecule has 23 heavy (non-hydrogen) atoms. The number of aromatic nitrogens is 3. The Labute approximate surface area is 140 Å². The summed E-state index contributed by atoms with van der Waals surface area (Å²) in [6.45, 7) is 3.85. The van der Waals surface area contributed by atoms with Crippen LogP contribution in [0, 0.1) is 6.92 Å². The zero-order valence-corrected chi connectivity index (χ0v) is 14.0. The van der Waals surface area contributed by atoms with Crippen LogP contribution in [-0.2, 0) is 4.79 Å². The number of thioether (sulfide) groups is 1. The lowest BCUT2D eigenvalue weighted by Gasteiger charge is -2.13. The van der Waals surface area contributed by atoms with Crippen LogP contribution in [-0.4, -0.2) is 44.8 Å². The molecule has 1 amide bonds. The number of amides is 1. The van der Waals surface area contributed by atoms with Crippen LogP contribution in [0.4, 0.5) is 0 Å². The summed E-state index contributed by atoms with van der Waals surface area (Å²) in [6.07, 6.45) is 6.15. The molecular formula is C17H20N4OS. The van der Waals surface area contributed by atoms with Gasteiger partial charge in [-0.1, -0.05) is 42.1 Å². The summed E-state index contributed by atoms with van der Waals surface area (Å²) in [5, 5.41) is 7.66. The van der Waals surface area contributed by atoms with Crippen molar-refractivity contribution in [2.24, 2.45) is 0 Å². The molecule has 5 nitrogen and oxygen atoms in total. The Balaban J connectivity index is 1.55. The molecule has 1 aliphatic rings. The first-order valence-electron chi connectivity index (χ1n) is 7.79. The Kier molecular flexibility index (Phi) is 5.12. The minimum Gasteiger partial charge on any atom is -0.342 e. The molecule has 120 valence electrons. The molecule has 0 aliphatic carbocycles. The SMILES string of the molecule is Cc1ccccc1/C=C/c1nc(SCC(=O)N2CCCC2)n[nH]1. The van der Waals surface area contributed by atoms with Crippen molar-refractivity contribution < 1.29 is 4.79 Å². The minimum absolute atomic E-state index is 0.175. The largest absolute Gasteiger partial charge is 0.342 e. The summed E-state index contributed by atoms with van der Waals surface area (Å²) in [6, 6.07) is 8.17. The van der Waals surface area contributed by atoms with Crippen molar-refractivity contribution >= 4 is 29.8 Å². The fourth-order valence-corrected chi connectivity index (χ4v) is 3.23. The average Bonchev–Trinajstić information content (AvgIpc) is 3.24. The van der Waals surface area contributed by atoms with Gasteiger partial charge in [0.05, 0.1) is 5.75 Å². The highest BCUT2D eigenvalue weighted by Gasteiger charge is 2.18. The van der Waals surface area contributed by atoms with E-state index in [-0.39, 0.29) is 5.91 Å². The maximum Gasteiger partial charge on any atom is 0.233 e. The van der Waals surface area contributed by atoms with Gasteiger partial charge < -0.3 is 4.90 Å². The maximum atomic E-state index is 12.0. The summed E-state index contributed by atoms with van der Waals surface area (Å²) in [5.74, 6) is 1.28. The van der Waals surface area contributed by atoms with E-state index in [1.807, 2.05) is 29.2 Å². The molecular weight excluding hydrogens is 308 g/mol. The van der Waals surface area contributed by atoms with E-state index in [0.29, 0.717) is 16.7 Å². The fraction of sp³-hybridized carbons (Fsp3) is 0.353. The number of nitrogens with zero attached hydrogens (tertiary/aromatic N) is 3. The van der Waals surface area contributed by atoms with Gasteiger partial charge in [0, 0.05) is 13.1 Å². The van der Waals surface area contributed by atoms with Gasteiger partial charge in [0.25, 0.3) is 0 Å². The predicted octanol–water partition coefficient (Wildman–Crippen LogP) is 3.00. The molecule has 0 radical (unpaired) electrons. The van der Waals surface area contributed by atoms with Crippen LogP contribution < -0.4 is 0 Å². The van der Waals surface area contributed by atoms with Crippen molar-refractivity contribution in [1.29, 1.82) is 0 Å². The molecule has 0 unspecified atom stereocenters. The second-order valence-electron chi connectivity index (χ2n) is 5.57. The van der Waals surface area contributed by atoms with Crippen molar-refractivity contribution in [3.05, 3.63) is 41.2 Å². The van der Waals surface area contributed by atoms with E-state index < -0.39 is 0 Å². The van der Waals surface area contributed by atoms with Crippen molar-refractivity contribution in [2.45, 2.75) is 24.9 Å². The lowest BCUT2D eigenvalue weighted by molar-refractivity contribution is -0.127. The number of hydrogen-bond acceptors (Lipinski definition) is 4. The van der Waals surface area contributed by atoms with Crippen molar-refractivity contribution in [3.63, 3.8) is 0 Å². The van der Waals surface area contributed by atoms with E-state index in [1.54, 1.807) is 0 Å². The van der Waals surface area contributed by atoms with Crippen LogP contribution in [0.5, 0.6) is 0 Å². The molecule has 1 saturated heterocycles. The monoisotopic (exact) mass is 328 g/mol. The summed E-state index contributed by atoms with van der Waals surface area (Å²) >= 11 is 1.38. The number of hydrogen-bond donors (Lipinski definition) is 1. The number of H-pyrrole nitrogens is 1. The van der Waals surface area contributed by atoms with Gasteiger partial charge in [-0.25, -0.2) is 4.98 Å². The molecule has 0 saturated carbocycles. The van der Waals surface area contributed by atoms with Gasteiger partial charge in [0.15, 0.2) is 0 Å². The zero-order valence-electron chi connectivity index (χ0n) is 13.2. The molecule has 0 spiro atoms. The third kappa shape index (κ3) is 4.22. The first-order chi connectivity index (χ1) is 11.2. The smallest absolute Gasteiger partial charge is 0.233 e. The zero-order chi connectivity index (χ0) is 16.1. The second-order valence-corrected chi connectivity index (χ2v) is 6.51. The lowest BCUT2D eigenvalue weighted by atomic mass is 10.1. The maximum absolute atomic E-state index is 12.0. The van der Waals surface area contributed by atoms with E-state index in [0.717, 1.165) is 31.5 Å². The topological polar surface area (TPSA) is 61.9 Å². The fourth-order valence-electron chi connectivity index (χ4n) is 2.52. The number of nitrogens with one attached hydrogen (secondary N) is 1. The first-order valence-corrected chi connectivity index (χ1v) is 8.77. The van der Waals surface area contributed by atoms with E-state index >= 15 is 0 Å². The number of carbonyl (C=O) groups is 1. The van der Waals surface area contributed by atoms with Crippen molar-refractivity contribution in [2.75, 3.05) is 18.8 Å². The Hall–Kier alpha value is -2.08. The quantitative estimate of drug-likeness (QED) is 0.857. The van der Waals surface area contributed by atoms with Crippen LogP contribution in [0.15, 0.2) is 29.4 Å². The van der Waals surface area contributed by atoms with Gasteiger partial charge in [-0.3, -0.25) is 9.89 Å². The lowest BCUT2D eigenvalue weighted by Crippen LogP contribution is -2.29. The highest BCUT2D eigenvalue weighted by Crippen LogP contribution is 2.17. The van der Waals surface area contributed by atoms with E-state index in [9.17, 15) is 4.79 Å². The van der Waals surface area contributed by atoms with Gasteiger partial charge in [0.2, 0.25) is 11.1 Å². The van der Waals surface area contributed by atoms with E-state index in [2.05, 4.69) is 34.2 Å². The van der Waals surface area contributed by atoms with E-state index in [1.165, 1.54) is 17.3 Å².